The molecule has 0 spiro atoms. The van der Waals surface area contributed by atoms with Crippen LogP contribution in [0.4, 0.5) is 0 Å². The highest BCUT2D eigenvalue weighted by Gasteiger charge is 2.14. The van der Waals surface area contributed by atoms with Crippen molar-refractivity contribution in [1.82, 2.24) is 5.32 Å². The zero-order valence-electron chi connectivity index (χ0n) is 11.9. The van der Waals surface area contributed by atoms with Gasteiger partial charge in [-0.1, -0.05) is 48.6 Å². The molecule has 0 unspecified atom stereocenters. The van der Waals surface area contributed by atoms with Crippen molar-refractivity contribution in [3.8, 4) is 0 Å². The number of hydrogen-bond acceptors (Lipinski definition) is 2. The molecule has 1 heterocycles. The van der Waals surface area contributed by atoms with Crippen LogP contribution in [0.5, 0.6) is 0 Å². The highest BCUT2D eigenvalue weighted by atomic mass is 16.4. The van der Waals surface area contributed by atoms with Gasteiger partial charge in [-0.25, -0.2) is 4.79 Å². The van der Waals surface area contributed by atoms with E-state index in [-0.39, 0.29) is 0 Å². The molecule has 1 aliphatic heterocycles. The third-order valence-corrected chi connectivity index (χ3v) is 3.52. The fourth-order valence-electron chi connectivity index (χ4n) is 2.50. The Balaban J connectivity index is 0.000000174. The van der Waals surface area contributed by atoms with Crippen LogP contribution in [0.25, 0.3) is 23.8 Å². The second-order valence-corrected chi connectivity index (χ2v) is 4.88. The molecular formula is C19H15NO2. The predicted octanol–water partition coefficient (Wildman–Crippen LogP) is 1.93. The first-order valence-electron chi connectivity index (χ1n) is 6.99. The summed E-state index contributed by atoms with van der Waals surface area (Å²) in [5.74, 6) is -0.865. The van der Waals surface area contributed by atoms with Gasteiger partial charge >= 0.3 is 5.97 Å². The monoisotopic (exact) mass is 289 g/mol. The zero-order chi connectivity index (χ0) is 15.4. The molecule has 0 radical (unpaired) electrons. The number of hydrogen-bond donors (Lipinski definition) is 2. The second-order valence-electron chi connectivity index (χ2n) is 4.88. The van der Waals surface area contributed by atoms with E-state index in [1.165, 1.54) is 0 Å². The van der Waals surface area contributed by atoms with Gasteiger partial charge < -0.3 is 10.4 Å². The molecule has 0 amide bonds. The second kappa shape index (κ2) is 6.14. The van der Waals surface area contributed by atoms with E-state index in [1.54, 1.807) is 6.08 Å². The fraction of sp³-hybridized carbons (Fsp3) is 0. The predicted molar refractivity (Wildman–Crippen MR) is 89.8 cm³/mol. The van der Waals surface area contributed by atoms with E-state index < -0.39 is 5.97 Å². The van der Waals surface area contributed by atoms with Crippen molar-refractivity contribution in [3.63, 3.8) is 0 Å². The SMILES string of the molecule is C1=CC=CNC=C1.O=C(O)C1=c2ccc3c(c2C=C1)C=CC=3. The molecule has 2 aliphatic carbocycles. The van der Waals surface area contributed by atoms with E-state index in [2.05, 4.69) is 5.32 Å². The van der Waals surface area contributed by atoms with Crippen molar-refractivity contribution >= 4 is 29.8 Å². The van der Waals surface area contributed by atoms with Gasteiger partial charge in [0.1, 0.15) is 0 Å². The normalized spacial score (nSPS) is 15.4. The first-order chi connectivity index (χ1) is 10.8. The smallest absolute Gasteiger partial charge is 0.336 e. The maximum absolute atomic E-state index is 11.0. The Morgan fingerprint density at radius 1 is 0.864 bits per heavy atom. The number of fused-ring (bicyclic) bond motifs is 3. The Bertz CT molecular complexity index is 867. The van der Waals surface area contributed by atoms with Crippen LogP contribution in [-0.2, 0) is 4.79 Å². The number of nitrogens with one attached hydrogen (secondary N) is 1. The summed E-state index contributed by atoms with van der Waals surface area (Å²) in [4.78, 5) is 11.0. The van der Waals surface area contributed by atoms with Crippen molar-refractivity contribution in [1.29, 1.82) is 0 Å². The summed E-state index contributed by atoms with van der Waals surface area (Å²) in [6, 6.07) is 3.84. The average Bonchev–Trinajstić information content (AvgIpc) is 3.05. The first kappa shape index (κ1) is 13.9. The lowest BCUT2D eigenvalue weighted by Crippen LogP contribution is -2.17. The third-order valence-electron chi connectivity index (χ3n) is 3.52. The van der Waals surface area contributed by atoms with E-state index in [9.17, 15) is 4.79 Å². The van der Waals surface area contributed by atoms with Crippen molar-refractivity contribution < 1.29 is 9.90 Å². The molecule has 0 fully saturated rings. The molecule has 0 aromatic heterocycles. The summed E-state index contributed by atoms with van der Waals surface area (Å²) < 4.78 is 0. The van der Waals surface area contributed by atoms with Crippen LogP contribution in [0, 0.1) is 0 Å². The largest absolute Gasteiger partial charge is 0.478 e. The molecular weight excluding hydrogens is 274 g/mol. The maximum atomic E-state index is 11.0. The minimum absolute atomic E-state index is 0.383. The van der Waals surface area contributed by atoms with Gasteiger partial charge in [-0.3, -0.25) is 0 Å². The quantitative estimate of drug-likeness (QED) is 0.830. The number of rotatable bonds is 1. The number of carboxylic acids is 1. The lowest BCUT2D eigenvalue weighted by molar-refractivity contribution is -0.130. The van der Waals surface area contributed by atoms with E-state index in [0.29, 0.717) is 5.57 Å². The van der Waals surface area contributed by atoms with Gasteiger partial charge in [0.25, 0.3) is 0 Å². The zero-order valence-corrected chi connectivity index (χ0v) is 11.9. The molecule has 0 saturated carbocycles. The molecule has 0 saturated heterocycles. The molecule has 1 aromatic rings. The molecule has 108 valence electrons. The summed E-state index contributed by atoms with van der Waals surface area (Å²) in [7, 11) is 0. The molecule has 22 heavy (non-hydrogen) atoms. The lowest BCUT2D eigenvalue weighted by atomic mass is 10.1. The lowest BCUT2D eigenvalue weighted by Gasteiger charge is -1.98. The summed E-state index contributed by atoms with van der Waals surface area (Å²) in [6.07, 6.45) is 21.1. The van der Waals surface area contributed by atoms with Crippen LogP contribution in [0.15, 0.2) is 61.0 Å². The highest BCUT2D eigenvalue weighted by molar-refractivity contribution is 6.16. The minimum Gasteiger partial charge on any atom is -0.478 e. The summed E-state index contributed by atoms with van der Waals surface area (Å²) in [5.41, 5.74) is 2.53. The maximum Gasteiger partial charge on any atom is 0.336 e. The standard InChI is InChI=1S/C13H8O2.C6H7N/c14-13(15)12-7-6-10-9-3-1-2-8(9)4-5-11(10)12;1-2-4-6-7-5-3-1/h1-7H,(H,14,15);1-7H. The van der Waals surface area contributed by atoms with E-state index in [1.807, 2.05) is 73.1 Å². The summed E-state index contributed by atoms with van der Waals surface area (Å²) >= 11 is 0. The van der Waals surface area contributed by atoms with Crippen LogP contribution >= 0.6 is 0 Å². The average molecular weight is 289 g/mol. The van der Waals surface area contributed by atoms with E-state index >= 15 is 0 Å². The number of aliphatic carboxylic acids is 1. The molecule has 2 N–H and O–H groups in total. The Hall–Kier alpha value is -3.07. The number of benzene rings is 1. The van der Waals surface area contributed by atoms with E-state index in [4.69, 9.17) is 5.11 Å². The summed E-state index contributed by atoms with van der Waals surface area (Å²) in [6.45, 7) is 0. The van der Waals surface area contributed by atoms with Gasteiger partial charge in [0.05, 0.1) is 5.57 Å². The Labute approximate surface area is 128 Å². The van der Waals surface area contributed by atoms with Crippen LogP contribution in [0.3, 0.4) is 0 Å². The molecule has 1 aromatic carbocycles. The molecule has 4 rings (SSSR count). The third kappa shape index (κ3) is 2.69. The topological polar surface area (TPSA) is 49.3 Å². The van der Waals surface area contributed by atoms with Crippen molar-refractivity contribution in [2.24, 2.45) is 0 Å². The number of allylic oxidation sites excluding steroid dienone is 5. The Morgan fingerprint density at radius 3 is 2.36 bits per heavy atom. The van der Waals surface area contributed by atoms with Gasteiger partial charge in [0, 0.05) is 12.4 Å². The van der Waals surface area contributed by atoms with Crippen LogP contribution < -0.4 is 15.8 Å². The first-order valence-corrected chi connectivity index (χ1v) is 6.99. The molecule has 3 heteroatoms. The summed E-state index contributed by atoms with van der Waals surface area (Å²) in [5, 5.41) is 13.9. The highest BCUT2D eigenvalue weighted by Crippen LogP contribution is 2.15. The van der Waals surface area contributed by atoms with Gasteiger partial charge in [-0.05, 0) is 39.8 Å². The Morgan fingerprint density at radius 2 is 1.64 bits per heavy atom. The molecule has 0 atom stereocenters. The van der Waals surface area contributed by atoms with E-state index in [0.717, 1.165) is 21.6 Å². The molecule has 3 nitrogen and oxygen atoms in total. The minimum atomic E-state index is -0.865. The van der Waals surface area contributed by atoms with Gasteiger partial charge in [0.2, 0.25) is 0 Å². The molecule has 3 aliphatic rings. The van der Waals surface area contributed by atoms with Gasteiger partial charge in [-0.2, -0.15) is 0 Å². The van der Waals surface area contributed by atoms with Gasteiger partial charge in [-0.15, -0.1) is 0 Å². The van der Waals surface area contributed by atoms with Crippen LogP contribution in [0.2, 0.25) is 0 Å². The Kier molecular flexibility index (Phi) is 3.88. The van der Waals surface area contributed by atoms with Crippen molar-refractivity contribution in [2.75, 3.05) is 0 Å². The van der Waals surface area contributed by atoms with Crippen LogP contribution in [0.1, 0.15) is 11.1 Å². The number of carbonyl (C=O) groups is 1. The van der Waals surface area contributed by atoms with Crippen molar-refractivity contribution in [2.45, 2.75) is 0 Å². The van der Waals surface area contributed by atoms with Crippen molar-refractivity contribution in [3.05, 3.63) is 82.6 Å². The van der Waals surface area contributed by atoms with Gasteiger partial charge in [0.15, 0.2) is 0 Å². The van der Waals surface area contributed by atoms with Crippen LogP contribution in [-0.4, -0.2) is 11.1 Å². The number of carboxylic acid groups (broad SMARTS) is 1. The fourth-order valence-corrected chi connectivity index (χ4v) is 2.50. The molecule has 0 bridgehead atoms.